The predicted molar refractivity (Wildman–Crippen MR) is 85.5 cm³/mol. The molecular formula is C16H17N3O4. The first-order chi connectivity index (χ1) is 11.1. The van der Waals surface area contributed by atoms with Gasteiger partial charge in [0.1, 0.15) is 12.0 Å². The first-order valence-electron chi connectivity index (χ1n) is 7.14. The topological polar surface area (TPSA) is 94.4 Å². The van der Waals surface area contributed by atoms with Crippen molar-refractivity contribution in [3.63, 3.8) is 0 Å². The lowest BCUT2D eigenvalue weighted by Gasteiger charge is -2.07. The van der Waals surface area contributed by atoms with Gasteiger partial charge < -0.3 is 10.1 Å². The fourth-order valence-electron chi connectivity index (χ4n) is 1.91. The van der Waals surface area contributed by atoms with E-state index in [1.54, 1.807) is 12.1 Å². The average molecular weight is 315 g/mol. The molecule has 0 radical (unpaired) electrons. The van der Waals surface area contributed by atoms with Crippen LogP contribution in [-0.2, 0) is 4.74 Å². The van der Waals surface area contributed by atoms with Crippen molar-refractivity contribution in [2.75, 3.05) is 18.5 Å². The van der Waals surface area contributed by atoms with Crippen LogP contribution in [-0.4, -0.2) is 29.0 Å². The van der Waals surface area contributed by atoms with Crippen LogP contribution < -0.4 is 5.32 Å². The fourth-order valence-corrected chi connectivity index (χ4v) is 1.91. The Kier molecular flexibility index (Phi) is 5.62. The molecule has 0 unspecified atom stereocenters. The molecule has 2 rings (SSSR count). The number of pyridine rings is 1. The van der Waals surface area contributed by atoms with Crippen molar-refractivity contribution in [1.29, 1.82) is 0 Å². The SMILES string of the molecule is Cc1cccc(C(=O)OCCCNc2ccc([N+](=O)[O-])cn2)c1. The van der Waals surface area contributed by atoms with E-state index in [1.807, 2.05) is 19.1 Å². The first-order valence-corrected chi connectivity index (χ1v) is 7.14. The Hall–Kier alpha value is -2.96. The van der Waals surface area contributed by atoms with Gasteiger partial charge in [-0.3, -0.25) is 10.1 Å². The molecule has 1 heterocycles. The molecule has 7 heteroatoms. The summed E-state index contributed by atoms with van der Waals surface area (Å²) in [5.41, 5.74) is 1.49. The minimum absolute atomic E-state index is 0.0531. The number of carbonyl (C=O) groups excluding carboxylic acids is 1. The zero-order valence-electron chi connectivity index (χ0n) is 12.7. The van der Waals surface area contributed by atoms with E-state index >= 15 is 0 Å². The molecule has 0 bridgehead atoms. The number of aryl methyl sites for hydroxylation is 1. The normalized spacial score (nSPS) is 10.1. The largest absolute Gasteiger partial charge is 0.462 e. The molecule has 0 saturated carbocycles. The first kappa shape index (κ1) is 16.4. The Morgan fingerprint density at radius 3 is 2.83 bits per heavy atom. The van der Waals surface area contributed by atoms with E-state index in [4.69, 9.17) is 4.74 Å². The molecular weight excluding hydrogens is 298 g/mol. The average Bonchev–Trinajstić information content (AvgIpc) is 2.54. The van der Waals surface area contributed by atoms with Crippen molar-refractivity contribution in [3.05, 3.63) is 63.8 Å². The van der Waals surface area contributed by atoms with E-state index in [-0.39, 0.29) is 18.3 Å². The van der Waals surface area contributed by atoms with Crippen molar-refractivity contribution < 1.29 is 14.5 Å². The van der Waals surface area contributed by atoms with Crippen LogP contribution in [0.15, 0.2) is 42.6 Å². The molecule has 120 valence electrons. The number of esters is 1. The fraction of sp³-hybridized carbons (Fsp3) is 0.250. The van der Waals surface area contributed by atoms with E-state index in [9.17, 15) is 14.9 Å². The number of aromatic nitrogens is 1. The lowest BCUT2D eigenvalue weighted by Crippen LogP contribution is -2.11. The molecule has 0 fully saturated rings. The minimum Gasteiger partial charge on any atom is -0.462 e. The van der Waals surface area contributed by atoms with Crippen LogP contribution in [0, 0.1) is 17.0 Å². The van der Waals surface area contributed by atoms with E-state index in [0.717, 1.165) is 5.56 Å². The van der Waals surface area contributed by atoms with Crippen LogP contribution in [0.25, 0.3) is 0 Å². The summed E-state index contributed by atoms with van der Waals surface area (Å²) >= 11 is 0. The Morgan fingerprint density at radius 1 is 1.35 bits per heavy atom. The number of hydrogen-bond acceptors (Lipinski definition) is 6. The van der Waals surface area contributed by atoms with Gasteiger partial charge in [-0.15, -0.1) is 0 Å². The van der Waals surface area contributed by atoms with Gasteiger partial charge in [0, 0.05) is 12.6 Å². The molecule has 0 amide bonds. The molecule has 1 aromatic carbocycles. The molecule has 0 aliphatic rings. The lowest BCUT2D eigenvalue weighted by molar-refractivity contribution is -0.385. The van der Waals surface area contributed by atoms with Gasteiger partial charge in [0.2, 0.25) is 0 Å². The molecule has 0 saturated heterocycles. The Morgan fingerprint density at radius 2 is 2.17 bits per heavy atom. The second-order valence-electron chi connectivity index (χ2n) is 4.94. The molecule has 0 atom stereocenters. The van der Waals surface area contributed by atoms with Gasteiger partial charge in [0.25, 0.3) is 5.69 Å². The maximum atomic E-state index is 11.8. The van der Waals surface area contributed by atoms with Gasteiger partial charge in [-0.05, 0) is 31.5 Å². The quantitative estimate of drug-likeness (QED) is 0.365. The summed E-state index contributed by atoms with van der Waals surface area (Å²) in [6.07, 6.45) is 1.80. The maximum absolute atomic E-state index is 11.8. The van der Waals surface area contributed by atoms with Gasteiger partial charge in [-0.2, -0.15) is 0 Å². The summed E-state index contributed by atoms with van der Waals surface area (Å²) in [6, 6.07) is 10.1. The number of hydrogen-bond donors (Lipinski definition) is 1. The highest BCUT2D eigenvalue weighted by Crippen LogP contribution is 2.11. The van der Waals surface area contributed by atoms with E-state index in [0.29, 0.717) is 24.3 Å². The van der Waals surface area contributed by atoms with Crippen LogP contribution in [0.2, 0.25) is 0 Å². The van der Waals surface area contributed by atoms with E-state index in [2.05, 4.69) is 10.3 Å². The third-order valence-corrected chi connectivity index (χ3v) is 3.07. The van der Waals surface area contributed by atoms with Crippen LogP contribution in [0.4, 0.5) is 11.5 Å². The predicted octanol–water partition coefficient (Wildman–Crippen LogP) is 2.96. The van der Waals surface area contributed by atoms with Crippen LogP contribution >= 0.6 is 0 Å². The highest BCUT2D eigenvalue weighted by molar-refractivity contribution is 5.89. The Labute approximate surface area is 133 Å². The number of carbonyl (C=O) groups is 1. The van der Waals surface area contributed by atoms with Crippen molar-refractivity contribution in [2.45, 2.75) is 13.3 Å². The molecule has 1 aromatic heterocycles. The number of nitrogens with one attached hydrogen (secondary N) is 1. The van der Waals surface area contributed by atoms with E-state index < -0.39 is 4.92 Å². The van der Waals surface area contributed by atoms with E-state index in [1.165, 1.54) is 18.3 Å². The van der Waals surface area contributed by atoms with Crippen molar-refractivity contribution >= 4 is 17.5 Å². The number of ether oxygens (including phenoxy) is 1. The number of nitro groups is 1. The minimum atomic E-state index is -0.498. The zero-order valence-corrected chi connectivity index (χ0v) is 12.7. The molecule has 2 aromatic rings. The number of rotatable bonds is 7. The second kappa shape index (κ2) is 7.88. The molecule has 23 heavy (non-hydrogen) atoms. The standard InChI is InChI=1S/C16H17N3O4/c1-12-4-2-5-13(10-12)16(20)23-9-3-8-17-15-7-6-14(11-18-15)19(21)22/h2,4-7,10-11H,3,8-9H2,1H3,(H,17,18). The molecule has 0 aliphatic heterocycles. The number of anilines is 1. The summed E-state index contributed by atoms with van der Waals surface area (Å²) in [5.74, 6) is 0.197. The smallest absolute Gasteiger partial charge is 0.338 e. The van der Waals surface area contributed by atoms with Crippen molar-refractivity contribution in [2.24, 2.45) is 0 Å². The maximum Gasteiger partial charge on any atom is 0.338 e. The molecule has 0 spiro atoms. The van der Waals surface area contributed by atoms with Gasteiger partial charge >= 0.3 is 5.97 Å². The lowest BCUT2D eigenvalue weighted by atomic mass is 10.1. The van der Waals surface area contributed by atoms with Crippen molar-refractivity contribution in [1.82, 2.24) is 4.98 Å². The third-order valence-electron chi connectivity index (χ3n) is 3.07. The summed E-state index contributed by atoms with van der Waals surface area (Å²) in [5, 5.41) is 13.5. The highest BCUT2D eigenvalue weighted by atomic mass is 16.6. The van der Waals surface area contributed by atoms with Gasteiger partial charge in [0.15, 0.2) is 0 Å². The van der Waals surface area contributed by atoms with Crippen LogP contribution in [0.1, 0.15) is 22.3 Å². The molecule has 0 aliphatic carbocycles. The third kappa shape index (κ3) is 5.06. The monoisotopic (exact) mass is 315 g/mol. The number of nitrogens with zero attached hydrogens (tertiary/aromatic N) is 2. The highest BCUT2D eigenvalue weighted by Gasteiger charge is 2.07. The van der Waals surface area contributed by atoms with Crippen molar-refractivity contribution in [3.8, 4) is 0 Å². The Balaban J connectivity index is 1.69. The summed E-state index contributed by atoms with van der Waals surface area (Å²) in [4.78, 5) is 25.8. The van der Waals surface area contributed by atoms with Gasteiger partial charge in [-0.25, -0.2) is 9.78 Å². The van der Waals surface area contributed by atoms with Crippen LogP contribution in [0.3, 0.4) is 0 Å². The second-order valence-corrected chi connectivity index (χ2v) is 4.94. The zero-order chi connectivity index (χ0) is 16.7. The Bertz CT molecular complexity index is 686. The van der Waals surface area contributed by atoms with Gasteiger partial charge in [0.05, 0.1) is 17.1 Å². The molecule has 1 N–H and O–H groups in total. The van der Waals surface area contributed by atoms with Crippen LogP contribution in [0.5, 0.6) is 0 Å². The summed E-state index contributed by atoms with van der Waals surface area (Å²) < 4.78 is 5.18. The summed E-state index contributed by atoms with van der Waals surface area (Å²) in [7, 11) is 0. The summed E-state index contributed by atoms with van der Waals surface area (Å²) in [6.45, 7) is 2.75. The molecule has 7 nitrogen and oxygen atoms in total. The van der Waals surface area contributed by atoms with Gasteiger partial charge in [-0.1, -0.05) is 17.7 Å². The number of benzene rings is 1.